The number of benzene rings is 1. The lowest BCUT2D eigenvalue weighted by Crippen LogP contribution is -2.40. The zero-order chi connectivity index (χ0) is 19.0. The van der Waals surface area contributed by atoms with Gasteiger partial charge < -0.3 is 15.4 Å². The molecule has 7 nitrogen and oxygen atoms in total. The number of carbonyl (C=O) groups is 1. The first-order chi connectivity index (χ1) is 12.4. The molecule has 2 N–H and O–H groups in total. The van der Waals surface area contributed by atoms with Crippen molar-refractivity contribution in [2.24, 2.45) is 0 Å². The van der Waals surface area contributed by atoms with Gasteiger partial charge in [-0.05, 0) is 42.9 Å². The Morgan fingerprint density at radius 2 is 1.85 bits per heavy atom. The molecule has 1 fully saturated rings. The van der Waals surface area contributed by atoms with Gasteiger partial charge in [0.25, 0.3) is 0 Å². The third-order valence-electron chi connectivity index (χ3n) is 3.98. The Kier molecular flexibility index (Phi) is 7.95. The zero-order valence-electron chi connectivity index (χ0n) is 14.9. The molecule has 0 aromatic heterocycles. The summed E-state index contributed by atoms with van der Waals surface area (Å²) in [4.78, 5) is 12.0. The Bertz CT molecular complexity index is 714. The summed E-state index contributed by atoms with van der Waals surface area (Å²) in [6.45, 7) is 3.61. The minimum atomic E-state index is -3.52. The average Bonchev–Trinajstić information content (AvgIpc) is 2.63. The molecule has 0 atom stereocenters. The summed E-state index contributed by atoms with van der Waals surface area (Å²) < 4.78 is 31.7. The van der Waals surface area contributed by atoms with E-state index in [1.165, 1.54) is 16.4 Å². The van der Waals surface area contributed by atoms with Crippen molar-refractivity contribution in [3.63, 3.8) is 0 Å². The second-order valence-electron chi connectivity index (χ2n) is 6.00. The number of sulfonamides is 1. The summed E-state index contributed by atoms with van der Waals surface area (Å²) >= 11 is 5.12. The van der Waals surface area contributed by atoms with Gasteiger partial charge in [0.2, 0.25) is 15.9 Å². The van der Waals surface area contributed by atoms with Crippen LogP contribution in [0.3, 0.4) is 0 Å². The minimum Gasteiger partial charge on any atom is -0.379 e. The van der Waals surface area contributed by atoms with E-state index in [9.17, 15) is 13.2 Å². The summed E-state index contributed by atoms with van der Waals surface area (Å²) in [5.74, 6) is -0.123. The highest BCUT2D eigenvalue weighted by Gasteiger charge is 2.26. The number of nitrogens with one attached hydrogen (secondary N) is 2. The average molecular weight is 400 g/mol. The molecule has 1 aromatic rings. The molecule has 1 saturated heterocycles. The highest BCUT2D eigenvalue weighted by molar-refractivity contribution is 7.89. The van der Waals surface area contributed by atoms with Crippen LogP contribution in [0.15, 0.2) is 29.2 Å². The van der Waals surface area contributed by atoms with E-state index in [0.717, 1.165) is 19.3 Å². The van der Waals surface area contributed by atoms with E-state index in [-0.39, 0.29) is 15.9 Å². The molecular formula is C17H25N3O4S2. The van der Waals surface area contributed by atoms with E-state index < -0.39 is 10.0 Å². The highest BCUT2D eigenvalue weighted by Crippen LogP contribution is 2.19. The van der Waals surface area contributed by atoms with Crippen molar-refractivity contribution in [3.8, 4) is 0 Å². The molecule has 0 aliphatic carbocycles. The highest BCUT2D eigenvalue weighted by atomic mass is 32.2. The predicted octanol–water partition coefficient (Wildman–Crippen LogP) is 2.10. The first-order valence-electron chi connectivity index (χ1n) is 8.72. The van der Waals surface area contributed by atoms with Crippen molar-refractivity contribution >= 4 is 38.9 Å². The largest absolute Gasteiger partial charge is 0.379 e. The number of nitrogens with zero attached hydrogens (tertiary/aromatic N) is 1. The lowest BCUT2D eigenvalue weighted by atomic mass is 10.2. The normalized spacial score (nSPS) is 15.4. The molecule has 1 heterocycles. The zero-order valence-corrected chi connectivity index (χ0v) is 16.5. The summed E-state index contributed by atoms with van der Waals surface area (Å²) in [6.07, 6.45) is 3.33. The van der Waals surface area contributed by atoms with Gasteiger partial charge in [0, 0.05) is 25.2 Å². The van der Waals surface area contributed by atoms with Crippen LogP contribution in [-0.2, 0) is 19.6 Å². The number of thiocarbonyl (C=S) groups is 1. The van der Waals surface area contributed by atoms with Crippen LogP contribution in [0.4, 0.5) is 5.69 Å². The fourth-order valence-corrected chi connectivity index (χ4v) is 4.17. The van der Waals surface area contributed by atoms with Crippen molar-refractivity contribution in [1.29, 1.82) is 0 Å². The van der Waals surface area contributed by atoms with E-state index in [4.69, 9.17) is 17.0 Å². The van der Waals surface area contributed by atoms with Gasteiger partial charge in [-0.25, -0.2) is 8.42 Å². The minimum absolute atomic E-state index is 0.123. The number of unbranched alkanes of at least 4 members (excludes halogenated alkanes) is 2. The van der Waals surface area contributed by atoms with Gasteiger partial charge in [-0.15, -0.1) is 0 Å². The number of rotatable bonds is 7. The van der Waals surface area contributed by atoms with E-state index >= 15 is 0 Å². The maximum absolute atomic E-state index is 12.6. The van der Waals surface area contributed by atoms with Crippen LogP contribution in [0.2, 0.25) is 0 Å². The second-order valence-corrected chi connectivity index (χ2v) is 8.35. The Labute approximate surface area is 160 Å². The molecule has 1 aliphatic rings. The first-order valence-corrected chi connectivity index (χ1v) is 10.6. The van der Waals surface area contributed by atoms with Crippen LogP contribution < -0.4 is 10.6 Å². The van der Waals surface area contributed by atoms with Gasteiger partial charge in [-0.1, -0.05) is 19.8 Å². The summed E-state index contributed by atoms with van der Waals surface area (Å²) in [6, 6.07) is 6.31. The molecule has 0 unspecified atom stereocenters. The van der Waals surface area contributed by atoms with Crippen LogP contribution in [0.1, 0.15) is 32.6 Å². The van der Waals surface area contributed by atoms with Crippen LogP contribution >= 0.6 is 12.2 Å². The molecule has 0 spiro atoms. The summed E-state index contributed by atoms with van der Waals surface area (Å²) in [5, 5.41) is 5.72. The topological polar surface area (TPSA) is 87.7 Å². The van der Waals surface area contributed by atoms with E-state index in [1.807, 2.05) is 0 Å². The second kappa shape index (κ2) is 9.96. The Morgan fingerprint density at radius 3 is 2.46 bits per heavy atom. The smallest absolute Gasteiger partial charge is 0.243 e. The molecular weight excluding hydrogens is 374 g/mol. The first kappa shape index (κ1) is 20.8. The van der Waals surface area contributed by atoms with Crippen LogP contribution in [0.5, 0.6) is 0 Å². The lowest BCUT2D eigenvalue weighted by molar-refractivity contribution is -0.119. The SMILES string of the molecule is CCCCCC(=O)NC(=S)Nc1ccc(S(=O)(=O)N2CCOCC2)cc1. The molecule has 1 amide bonds. The van der Waals surface area contributed by atoms with Crippen LogP contribution in [0.25, 0.3) is 0 Å². The van der Waals surface area contributed by atoms with Gasteiger partial charge in [0.1, 0.15) is 0 Å². The molecule has 1 aromatic carbocycles. The molecule has 2 rings (SSSR count). The number of morpholine rings is 1. The van der Waals surface area contributed by atoms with E-state index in [0.29, 0.717) is 38.4 Å². The van der Waals surface area contributed by atoms with Gasteiger partial charge in [-0.2, -0.15) is 4.31 Å². The Morgan fingerprint density at radius 1 is 1.19 bits per heavy atom. The third kappa shape index (κ3) is 6.01. The Balaban J connectivity index is 1.90. The van der Waals surface area contributed by atoms with E-state index in [1.54, 1.807) is 12.1 Å². The molecule has 1 aliphatic heterocycles. The number of ether oxygens (including phenoxy) is 1. The predicted molar refractivity (Wildman–Crippen MR) is 105 cm³/mol. The molecule has 0 saturated carbocycles. The summed E-state index contributed by atoms with van der Waals surface area (Å²) in [7, 11) is -3.52. The van der Waals surface area contributed by atoms with Crippen LogP contribution in [0, 0.1) is 0 Å². The number of amides is 1. The number of anilines is 1. The summed E-state index contributed by atoms with van der Waals surface area (Å²) in [5.41, 5.74) is 0.616. The standard InChI is InChI=1S/C17H25N3O4S2/c1-2-3-4-5-16(21)19-17(25)18-14-6-8-15(9-7-14)26(22,23)20-10-12-24-13-11-20/h6-9H,2-5,10-13H2,1H3,(H2,18,19,21,25). The maximum atomic E-state index is 12.6. The quantitative estimate of drug-likeness (QED) is 0.539. The lowest BCUT2D eigenvalue weighted by Gasteiger charge is -2.26. The van der Waals surface area contributed by atoms with Gasteiger partial charge in [-0.3, -0.25) is 4.79 Å². The molecule has 0 radical (unpaired) electrons. The van der Waals surface area contributed by atoms with Crippen molar-refractivity contribution < 1.29 is 17.9 Å². The van der Waals surface area contributed by atoms with Crippen molar-refractivity contribution in [2.75, 3.05) is 31.6 Å². The molecule has 144 valence electrons. The number of carbonyl (C=O) groups excluding carboxylic acids is 1. The number of hydrogen-bond acceptors (Lipinski definition) is 5. The van der Waals surface area contributed by atoms with Gasteiger partial charge >= 0.3 is 0 Å². The van der Waals surface area contributed by atoms with Crippen molar-refractivity contribution in [3.05, 3.63) is 24.3 Å². The third-order valence-corrected chi connectivity index (χ3v) is 6.10. The molecule has 26 heavy (non-hydrogen) atoms. The van der Waals surface area contributed by atoms with Crippen LogP contribution in [-0.4, -0.2) is 50.0 Å². The molecule has 9 heteroatoms. The monoisotopic (exact) mass is 399 g/mol. The molecule has 0 bridgehead atoms. The Hall–Kier alpha value is -1.55. The van der Waals surface area contributed by atoms with E-state index in [2.05, 4.69) is 17.6 Å². The van der Waals surface area contributed by atoms with Crippen molar-refractivity contribution in [1.82, 2.24) is 9.62 Å². The number of hydrogen-bond donors (Lipinski definition) is 2. The van der Waals surface area contributed by atoms with Gasteiger partial charge in [0.05, 0.1) is 18.1 Å². The van der Waals surface area contributed by atoms with Gasteiger partial charge in [0.15, 0.2) is 5.11 Å². The maximum Gasteiger partial charge on any atom is 0.243 e. The fourth-order valence-electron chi connectivity index (χ4n) is 2.53. The fraction of sp³-hybridized carbons (Fsp3) is 0.529. The van der Waals surface area contributed by atoms with Crippen molar-refractivity contribution in [2.45, 2.75) is 37.5 Å².